The van der Waals surface area contributed by atoms with Gasteiger partial charge < -0.3 is 20.3 Å². The Labute approximate surface area is 185 Å². The number of anilines is 1. The summed E-state index contributed by atoms with van der Waals surface area (Å²) in [7, 11) is 2.40. The minimum Gasteiger partial charge on any atom is -0.466 e. The third-order valence-corrected chi connectivity index (χ3v) is 5.21. The van der Waals surface area contributed by atoms with Crippen molar-refractivity contribution in [3.63, 3.8) is 0 Å². The number of hydrogen-bond donors (Lipinski definition) is 2. The summed E-state index contributed by atoms with van der Waals surface area (Å²) in [6.07, 6.45) is 0.457. The number of rotatable bonds is 6. The Morgan fingerprint density at radius 2 is 1.69 bits per heavy atom. The summed E-state index contributed by atoms with van der Waals surface area (Å²) in [5.41, 5.74) is 8.28. The number of nitrogens with zero attached hydrogens (tertiary/aromatic N) is 2. The lowest BCUT2D eigenvalue weighted by atomic mass is 9.81. The zero-order valence-corrected chi connectivity index (χ0v) is 17.7. The summed E-state index contributed by atoms with van der Waals surface area (Å²) < 4.78 is 9.99. The smallest absolute Gasteiger partial charge is 0.355 e. The number of aliphatic hydroxyl groups is 1. The van der Waals surface area contributed by atoms with Crippen LogP contribution in [-0.4, -0.2) is 37.9 Å². The Kier molecular flexibility index (Phi) is 6.93. The summed E-state index contributed by atoms with van der Waals surface area (Å²) in [5, 5.41) is 19.2. The molecule has 32 heavy (non-hydrogen) atoms. The molecule has 0 fully saturated rings. The van der Waals surface area contributed by atoms with Crippen LogP contribution in [0.4, 0.5) is 5.69 Å². The van der Waals surface area contributed by atoms with Crippen molar-refractivity contribution in [2.45, 2.75) is 12.3 Å². The van der Waals surface area contributed by atoms with Gasteiger partial charge in [-0.3, -0.25) is 4.90 Å². The highest BCUT2D eigenvalue weighted by molar-refractivity contribution is 6.06. The average molecular weight is 433 g/mol. The van der Waals surface area contributed by atoms with E-state index in [4.69, 9.17) is 20.3 Å². The van der Waals surface area contributed by atoms with Crippen LogP contribution in [0, 0.1) is 11.3 Å². The molecule has 8 heteroatoms. The molecule has 0 saturated heterocycles. The largest absolute Gasteiger partial charge is 0.466 e. The number of carbonyl (C=O) groups is 2. The Bertz CT molecular complexity index is 1110. The summed E-state index contributed by atoms with van der Waals surface area (Å²) >= 11 is 0. The number of aliphatic hydroxyl groups excluding tert-OH is 1. The van der Waals surface area contributed by atoms with Gasteiger partial charge in [0.05, 0.1) is 37.4 Å². The van der Waals surface area contributed by atoms with Gasteiger partial charge >= 0.3 is 11.9 Å². The Morgan fingerprint density at radius 3 is 2.22 bits per heavy atom. The molecular formula is C24H23N3O5. The number of nitrogens with two attached hydrogens (primary N) is 1. The molecule has 8 nitrogen and oxygen atoms in total. The van der Waals surface area contributed by atoms with Crippen LogP contribution in [0.25, 0.3) is 0 Å². The van der Waals surface area contributed by atoms with Crippen LogP contribution in [0.15, 0.2) is 77.3 Å². The number of benzene rings is 2. The van der Waals surface area contributed by atoms with Gasteiger partial charge in [-0.05, 0) is 29.7 Å². The molecule has 3 rings (SSSR count). The van der Waals surface area contributed by atoms with Crippen molar-refractivity contribution in [2.75, 3.05) is 25.7 Å². The van der Waals surface area contributed by atoms with Crippen LogP contribution < -0.4 is 10.6 Å². The predicted octanol–water partition coefficient (Wildman–Crippen LogP) is 2.12. The van der Waals surface area contributed by atoms with Gasteiger partial charge in [0.25, 0.3) is 0 Å². The van der Waals surface area contributed by atoms with Crippen molar-refractivity contribution in [3.8, 4) is 6.07 Å². The van der Waals surface area contributed by atoms with Gasteiger partial charge in [-0.2, -0.15) is 5.26 Å². The third-order valence-electron chi connectivity index (χ3n) is 5.21. The molecule has 1 heterocycles. The number of hydrogen-bond acceptors (Lipinski definition) is 8. The molecule has 0 radical (unpaired) electrons. The second-order valence-electron chi connectivity index (χ2n) is 6.98. The molecule has 1 aliphatic heterocycles. The summed E-state index contributed by atoms with van der Waals surface area (Å²) in [6.45, 7) is -0.0117. The molecule has 0 amide bonds. The van der Waals surface area contributed by atoms with E-state index in [1.807, 2.05) is 0 Å². The number of carbonyl (C=O) groups excluding carboxylic acids is 2. The maximum Gasteiger partial charge on any atom is 0.355 e. The minimum atomic E-state index is -0.910. The molecule has 1 unspecified atom stereocenters. The zero-order valence-electron chi connectivity index (χ0n) is 17.7. The topological polar surface area (TPSA) is 126 Å². The molecule has 2 aromatic carbocycles. The van der Waals surface area contributed by atoms with E-state index in [0.717, 1.165) is 5.56 Å². The standard InChI is InChI=1S/C24H23N3O5/c1-31-23(29)20-19(16-6-4-3-5-7-16)18(14-25)22(26)27(21(20)24(30)32-2)17-10-8-15(9-11-17)12-13-28/h3-11,19,28H,12-13,26H2,1-2H3. The van der Waals surface area contributed by atoms with Crippen LogP contribution >= 0.6 is 0 Å². The van der Waals surface area contributed by atoms with Crippen LogP contribution in [0.1, 0.15) is 17.0 Å². The second kappa shape index (κ2) is 9.81. The second-order valence-corrected chi connectivity index (χ2v) is 6.98. The van der Waals surface area contributed by atoms with Gasteiger partial charge in [0.15, 0.2) is 0 Å². The lowest BCUT2D eigenvalue weighted by molar-refractivity contribution is -0.139. The summed E-state index contributed by atoms with van der Waals surface area (Å²) in [6, 6.07) is 17.8. The zero-order chi connectivity index (χ0) is 23.3. The molecule has 1 aliphatic rings. The number of nitriles is 1. The SMILES string of the molecule is COC(=O)C1=C(C(=O)OC)N(c2ccc(CCO)cc2)C(N)=C(C#N)C1c1ccccc1. The van der Waals surface area contributed by atoms with Crippen molar-refractivity contribution in [1.82, 2.24) is 0 Å². The van der Waals surface area contributed by atoms with Crippen LogP contribution in [-0.2, 0) is 25.5 Å². The van der Waals surface area contributed by atoms with Crippen LogP contribution in [0.3, 0.4) is 0 Å². The molecule has 1 atom stereocenters. The van der Waals surface area contributed by atoms with Gasteiger partial charge in [-0.15, -0.1) is 0 Å². The quantitative estimate of drug-likeness (QED) is 0.664. The lowest BCUT2D eigenvalue weighted by Crippen LogP contribution is -2.40. The first-order valence-corrected chi connectivity index (χ1v) is 9.83. The van der Waals surface area contributed by atoms with E-state index in [2.05, 4.69) is 6.07 Å². The van der Waals surface area contributed by atoms with Crippen molar-refractivity contribution in [2.24, 2.45) is 5.73 Å². The van der Waals surface area contributed by atoms with E-state index in [0.29, 0.717) is 17.7 Å². The molecule has 164 valence electrons. The minimum absolute atomic E-state index is 0.00399. The van der Waals surface area contributed by atoms with E-state index in [1.165, 1.54) is 19.1 Å². The van der Waals surface area contributed by atoms with Crippen LogP contribution in [0.5, 0.6) is 0 Å². The number of esters is 2. The van der Waals surface area contributed by atoms with Crippen molar-refractivity contribution in [1.29, 1.82) is 5.26 Å². The van der Waals surface area contributed by atoms with E-state index in [-0.39, 0.29) is 29.3 Å². The van der Waals surface area contributed by atoms with Crippen LogP contribution in [0.2, 0.25) is 0 Å². The monoisotopic (exact) mass is 433 g/mol. The van der Waals surface area contributed by atoms with Crippen molar-refractivity contribution in [3.05, 3.63) is 88.4 Å². The highest BCUT2D eigenvalue weighted by atomic mass is 16.5. The van der Waals surface area contributed by atoms with Gasteiger partial charge in [-0.25, -0.2) is 9.59 Å². The Morgan fingerprint density at radius 1 is 1.06 bits per heavy atom. The first kappa shape index (κ1) is 22.6. The average Bonchev–Trinajstić information content (AvgIpc) is 2.83. The van der Waals surface area contributed by atoms with Crippen molar-refractivity contribution < 1.29 is 24.2 Å². The lowest BCUT2D eigenvalue weighted by Gasteiger charge is -2.35. The highest BCUT2D eigenvalue weighted by Crippen LogP contribution is 2.43. The fourth-order valence-electron chi connectivity index (χ4n) is 3.72. The normalized spacial score (nSPS) is 15.9. The molecule has 0 aromatic heterocycles. The predicted molar refractivity (Wildman–Crippen MR) is 117 cm³/mol. The van der Waals surface area contributed by atoms with E-state index < -0.39 is 17.9 Å². The summed E-state index contributed by atoms with van der Waals surface area (Å²) in [4.78, 5) is 27.2. The van der Waals surface area contributed by atoms with E-state index in [9.17, 15) is 14.9 Å². The fourth-order valence-corrected chi connectivity index (χ4v) is 3.72. The molecular weight excluding hydrogens is 410 g/mol. The maximum absolute atomic E-state index is 13.0. The van der Waals surface area contributed by atoms with Crippen molar-refractivity contribution >= 4 is 17.6 Å². The first-order valence-electron chi connectivity index (χ1n) is 9.83. The molecule has 0 aliphatic carbocycles. The van der Waals surface area contributed by atoms with Gasteiger partial charge in [0, 0.05) is 12.3 Å². The molecule has 0 spiro atoms. The Hall–Kier alpha value is -4.09. The van der Waals surface area contributed by atoms with E-state index >= 15 is 0 Å². The number of ether oxygens (including phenoxy) is 2. The molecule has 0 saturated carbocycles. The van der Waals surface area contributed by atoms with E-state index in [1.54, 1.807) is 54.6 Å². The first-order chi connectivity index (χ1) is 15.5. The molecule has 3 N–H and O–H groups in total. The third kappa shape index (κ3) is 4.06. The van der Waals surface area contributed by atoms with Gasteiger partial charge in [0.2, 0.25) is 0 Å². The Balaban J connectivity index is 2.33. The number of methoxy groups -OCH3 is 2. The molecule has 0 bridgehead atoms. The van der Waals surface area contributed by atoms with Gasteiger partial charge in [-0.1, -0.05) is 42.5 Å². The molecule has 2 aromatic rings. The maximum atomic E-state index is 13.0. The number of allylic oxidation sites excluding steroid dienone is 1. The highest BCUT2D eigenvalue weighted by Gasteiger charge is 2.42. The fraction of sp³-hybridized carbons (Fsp3) is 0.208. The summed E-state index contributed by atoms with van der Waals surface area (Å²) in [5.74, 6) is -2.48. The van der Waals surface area contributed by atoms with Gasteiger partial charge in [0.1, 0.15) is 11.5 Å².